The molecule has 1 aliphatic heterocycles. The molecule has 170 valence electrons. The van der Waals surface area contributed by atoms with Crippen molar-refractivity contribution in [2.75, 3.05) is 52.3 Å². The molecule has 3 heterocycles. The molecule has 4 rings (SSSR count). The molecule has 0 unspecified atom stereocenters. The SMILES string of the molecule is COc1ccnc(-c2c[nH]c(=O)c(N(CC3CC3)C3CN(C(=O)/C=C/CN(C)C)C3)c2)c1. The van der Waals surface area contributed by atoms with Crippen LogP contribution in [0.3, 0.4) is 0 Å². The number of anilines is 1. The molecule has 0 aromatic carbocycles. The van der Waals surface area contributed by atoms with E-state index in [0.717, 1.165) is 24.3 Å². The highest BCUT2D eigenvalue weighted by Gasteiger charge is 2.37. The Morgan fingerprint density at radius 3 is 2.78 bits per heavy atom. The number of H-pyrrole nitrogens is 1. The number of aromatic amines is 1. The first-order chi connectivity index (χ1) is 15.4. The molecule has 0 radical (unpaired) electrons. The Kier molecular flexibility index (Phi) is 6.60. The lowest BCUT2D eigenvalue weighted by molar-refractivity contribution is -0.130. The zero-order valence-electron chi connectivity index (χ0n) is 19.0. The molecule has 32 heavy (non-hydrogen) atoms. The standard InChI is InChI=1S/C24H31N5O3/c1-27(2)10-4-5-23(30)28-15-19(16-28)29(14-17-6-7-17)22-11-18(13-26-24(22)31)21-12-20(32-3)8-9-25-21/h4-5,8-9,11-13,17,19H,6-7,10,14-16H2,1-3H3,(H,26,31)/b5-4+. The molecule has 0 atom stereocenters. The molecule has 0 bridgehead atoms. The average Bonchev–Trinajstić information content (AvgIpc) is 3.56. The number of ether oxygens (including phenoxy) is 1. The van der Waals surface area contributed by atoms with Crippen molar-refractivity contribution < 1.29 is 9.53 Å². The number of likely N-dealkylation sites (tertiary alicyclic amines) is 1. The van der Waals surface area contributed by atoms with Crippen molar-refractivity contribution in [1.29, 1.82) is 0 Å². The normalized spacial score (nSPS) is 16.4. The molecule has 1 aliphatic carbocycles. The number of carbonyl (C=O) groups is 1. The highest BCUT2D eigenvalue weighted by molar-refractivity contribution is 5.88. The Labute approximate surface area is 188 Å². The van der Waals surface area contributed by atoms with E-state index in [4.69, 9.17) is 4.74 Å². The van der Waals surface area contributed by atoms with Gasteiger partial charge in [0.15, 0.2) is 0 Å². The van der Waals surface area contributed by atoms with Crippen molar-refractivity contribution in [3.63, 3.8) is 0 Å². The van der Waals surface area contributed by atoms with Crippen LogP contribution in [0.15, 0.2) is 47.5 Å². The van der Waals surface area contributed by atoms with E-state index in [1.54, 1.807) is 31.6 Å². The first kappa shape index (κ1) is 22.1. The van der Waals surface area contributed by atoms with Crippen LogP contribution in [0.4, 0.5) is 5.69 Å². The molecular formula is C24H31N5O3. The molecule has 8 heteroatoms. The van der Waals surface area contributed by atoms with Gasteiger partial charge in [0.1, 0.15) is 11.4 Å². The number of amides is 1. The summed E-state index contributed by atoms with van der Waals surface area (Å²) in [5.41, 5.74) is 2.09. The Balaban J connectivity index is 1.52. The molecule has 1 amide bonds. The fraction of sp³-hybridized carbons (Fsp3) is 0.458. The molecule has 2 fully saturated rings. The van der Waals surface area contributed by atoms with Gasteiger partial charge in [0.05, 0.1) is 18.8 Å². The zero-order valence-corrected chi connectivity index (χ0v) is 19.0. The van der Waals surface area contributed by atoms with Crippen molar-refractivity contribution in [2.24, 2.45) is 5.92 Å². The minimum absolute atomic E-state index is 0.0257. The van der Waals surface area contributed by atoms with E-state index in [2.05, 4.69) is 14.9 Å². The Morgan fingerprint density at radius 2 is 2.09 bits per heavy atom. The first-order valence-corrected chi connectivity index (χ1v) is 11.0. The Morgan fingerprint density at radius 1 is 1.31 bits per heavy atom. The molecule has 0 spiro atoms. The van der Waals surface area contributed by atoms with Gasteiger partial charge < -0.3 is 24.4 Å². The van der Waals surface area contributed by atoms with Crippen LogP contribution >= 0.6 is 0 Å². The van der Waals surface area contributed by atoms with Gasteiger partial charge in [-0.2, -0.15) is 0 Å². The summed E-state index contributed by atoms with van der Waals surface area (Å²) in [5.74, 6) is 1.35. The molecule has 1 N–H and O–H groups in total. The zero-order chi connectivity index (χ0) is 22.7. The predicted octanol–water partition coefficient (Wildman–Crippen LogP) is 1.99. The molecule has 1 saturated heterocycles. The molecule has 1 saturated carbocycles. The summed E-state index contributed by atoms with van der Waals surface area (Å²) in [5, 5.41) is 0. The lowest BCUT2D eigenvalue weighted by atomic mass is 10.0. The third-order valence-electron chi connectivity index (χ3n) is 5.95. The van der Waals surface area contributed by atoms with Gasteiger partial charge in [-0.3, -0.25) is 14.6 Å². The molecule has 2 aromatic heterocycles. The minimum atomic E-state index is -0.118. The van der Waals surface area contributed by atoms with Gasteiger partial charge in [-0.1, -0.05) is 6.08 Å². The van der Waals surface area contributed by atoms with Crippen molar-refractivity contribution in [3.8, 4) is 17.0 Å². The third kappa shape index (κ3) is 5.19. The quantitative estimate of drug-likeness (QED) is 0.605. The van der Waals surface area contributed by atoms with E-state index in [1.165, 1.54) is 12.8 Å². The van der Waals surface area contributed by atoms with Gasteiger partial charge >= 0.3 is 0 Å². The van der Waals surface area contributed by atoms with E-state index < -0.39 is 0 Å². The summed E-state index contributed by atoms with van der Waals surface area (Å²) in [4.78, 5) is 38.6. The van der Waals surface area contributed by atoms with Gasteiger partial charge in [0, 0.05) is 56.3 Å². The lowest BCUT2D eigenvalue weighted by Gasteiger charge is -2.46. The van der Waals surface area contributed by atoms with Crippen LogP contribution in [0.5, 0.6) is 5.75 Å². The van der Waals surface area contributed by atoms with Gasteiger partial charge in [-0.15, -0.1) is 0 Å². The second-order valence-electron chi connectivity index (χ2n) is 8.84. The predicted molar refractivity (Wildman–Crippen MR) is 125 cm³/mol. The van der Waals surface area contributed by atoms with E-state index in [0.29, 0.717) is 30.4 Å². The maximum absolute atomic E-state index is 12.8. The number of aromatic nitrogens is 2. The Hall–Kier alpha value is -3.13. The lowest BCUT2D eigenvalue weighted by Crippen LogP contribution is -2.62. The van der Waals surface area contributed by atoms with Gasteiger partial charge in [-0.25, -0.2) is 0 Å². The number of likely N-dealkylation sites (N-methyl/N-ethyl adjacent to an activating group) is 1. The van der Waals surface area contributed by atoms with Gasteiger partial charge in [0.25, 0.3) is 5.56 Å². The van der Waals surface area contributed by atoms with E-state index in [-0.39, 0.29) is 17.5 Å². The molecular weight excluding hydrogens is 406 g/mol. The molecule has 8 nitrogen and oxygen atoms in total. The maximum atomic E-state index is 12.8. The smallest absolute Gasteiger partial charge is 0.271 e. The molecule has 2 aliphatic rings. The van der Waals surface area contributed by atoms with Crippen LogP contribution in [0.1, 0.15) is 12.8 Å². The number of nitrogens with one attached hydrogen (secondary N) is 1. The summed E-state index contributed by atoms with van der Waals surface area (Å²) >= 11 is 0. The number of pyridine rings is 2. The highest BCUT2D eigenvalue weighted by atomic mass is 16.5. The van der Waals surface area contributed by atoms with Crippen LogP contribution < -0.4 is 15.2 Å². The minimum Gasteiger partial charge on any atom is -0.497 e. The maximum Gasteiger partial charge on any atom is 0.271 e. The third-order valence-corrected chi connectivity index (χ3v) is 5.95. The number of hydrogen-bond acceptors (Lipinski definition) is 6. The monoisotopic (exact) mass is 437 g/mol. The fourth-order valence-corrected chi connectivity index (χ4v) is 3.85. The number of methoxy groups -OCH3 is 1. The van der Waals surface area contributed by atoms with Crippen LogP contribution in [-0.4, -0.2) is 79.1 Å². The van der Waals surface area contributed by atoms with Crippen molar-refractivity contribution in [3.05, 3.63) is 53.1 Å². The first-order valence-electron chi connectivity index (χ1n) is 11.0. The van der Waals surface area contributed by atoms with E-state index in [1.807, 2.05) is 42.1 Å². The summed E-state index contributed by atoms with van der Waals surface area (Å²) in [6.45, 7) is 2.82. The second-order valence-corrected chi connectivity index (χ2v) is 8.84. The number of nitrogens with zero attached hydrogens (tertiary/aromatic N) is 4. The second kappa shape index (κ2) is 9.56. The highest BCUT2D eigenvalue weighted by Crippen LogP contribution is 2.34. The Bertz CT molecular complexity index is 1040. The summed E-state index contributed by atoms with van der Waals surface area (Å²) in [6.07, 6.45) is 9.29. The summed E-state index contributed by atoms with van der Waals surface area (Å²) < 4.78 is 5.31. The van der Waals surface area contributed by atoms with Crippen LogP contribution in [0.2, 0.25) is 0 Å². The van der Waals surface area contributed by atoms with E-state index >= 15 is 0 Å². The number of carbonyl (C=O) groups excluding carboxylic acids is 1. The summed E-state index contributed by atoms with van der Waals surface area (Å²) in [6, 6.07) is 5.69. The summed E-state index contributed by atoms with van der Waals surface area (Å²) in [7, 11) is 5.56. The molecule has 2 aromatic rings. The number of rotatable bonds is 9. The van der Waals surface area contributed by atoms with E-state index in [9.17, 15) is 9.59 Å². The van der Waals surface area contributed by atoms with Crippen LogP contribution in [0, 0.1) is 5.92 Å². The fourth-order valence-electron chi connectivity index (χ4n) is 3.85. The largest absolute Gasteiger partial charge is 0.497 e. The van der Waals surface area contributed by atoms with Crippen molar-refractivity contribution >= 4 is 11.6 Å². The van der Waals surface area contributed by atoms with Crippen molar-refractivity contribution in [2.45, 2.75) is 18.9 Å². The van der Waals surface area contributed by atoms with Gasteiger partial charge in [0.2, 0.25) is 5.91 Å². The number of hydrogen-bond donors (Lipinski definition) is 1. The van der Waals surface area contributed by atoms with Gasteiger partial charge in [-0.05, 0) is 45.0 Å². The topological polar surface area (TPSA) is 81.8 Å². The van der Waals surface area contributed by atoms with Crippen molar-refractivity contribution in [1.82, 2.24) is 19.8 Å². The van der Waals surface area contributed by atoms with Crippen LogP contribution in [0.25, 0.3) is 11.3 Å². The average molecular weight is 438 g/mol. The van der Waals surface area contributed by atoms with Crippen LogP contribution in [-0.2, 0) is 4.79 Å².